The Morgan fingerprint density at radius 2 is 1.00 bits per heavy atom. The number of hydrogen-bond donors (Lipinski definition) is 0. The van der Waals surface area contributed by atoms with Gasteiger partial charge in [-0.05, 0) is 0 Å². The van der Waals surface area contributed by atoms with Crippen molar-refractivity contribution < 1.29 is 9.47 Å². The zero-order valence-electron chi connectivity index (χ0n) is 9.64. The van der Waals surface area contributed by atoms with Gasteiger partial charge in [0.05, 0.1) is 0 Å². The standard InChI is InChI=1S/C4H10.C3H8O2.C3H8/c1-3-4-2;1-4-3-5-2;1-3-2/h3-4H2,1-2H3;3H2,1-2H3;3H2,1-2H3. The molecule has 78 valence electrons. The Kier molecular flexibility index (Phi) is 45.6. The van der Waals surface area contributed by atoms with Gasteiger partial charge in [0, 0.05) is 14.2 Å². The summed E-state index contributed by atoms with van der Waals surface area (Å²) >= 11 is 0. The molecule has 0 fully saturated rings. The van der Waals surface area contributed by atoms with Crippen LogP contribution in [0.15, 0.2) is 0 Å². The van der Waals surface area contributed by atoms with Crippen molar-refractivity contribution in [2.45, 2.75) is 47.0 Å². The molecule has 0 spiro atoms. The van der Waals surface area contributed by atoms with E-state index in [0.717, 1.165) is 0 Å². The van der Waals surface area contributed by atoms with E-state index >= 15 is 0 Å². The number of ether oxygens (including phenoxy) is 2. The lowest BCUT2D eigenvalue weighted by Crippen LogP contribution is -1.87. The van der Waals surface area contributed by atoms with Gasteiger partial charge < -0.3 is 9.47 Å². The monoisotopic (exact) mass is 178 g/mol. The van der Waals surface area contributed by atoms with Gasteiger partial charge in [-0.2, -0.15) is 0 Å². The molecule has 0 aliphatic heterocycles. The molecule has 0 unspecified atom stereocenters. The highest BCUT2D eigenvalue weighted by molar-refractivity contribution is 4.12. The van der Waals surface area contributed by atoms with Gasteiger partial charge >= 0.3 is 0 Å². The van der Waals surface area contributed by atoms with Gasteiger partial charge in [-0.3, -0.25) is 0 Å². The molecule has 0 amide bonds. The largest absolute Gasteiger partial charge is 0.359 e. The smallest absolute Gasteiger partial charge is 0.145 e. The SMILES string of the molecule is CCC.CCCC.COCOC. The minimum absolute atomic E-state index is 0.389. The minimum atomic E-state index is 0.389. The van der Waals surface area contributed by atoms with Crippen molar-refractivity contribution in [1.29, 1.82) is 0 Å². The van der Waals surface area contributed by atoms with E-state index in [9.17, 15) is 0 Å². The first-order valence-corrected chi connectivity index (χ1v) is 4.72. The molecule has 0 saturated carbocycles. The Bertz CT molecular complexity index is 34.8. The number of methoxy groups -OCH3 is 2. The first-order chi connectivity index (χ1) is 5.74. The molecule has 0 rings (SSSR count). The molecular formula is C10H26O2. The van der Waals surface area contributed by atoms with E-state index in [-0.39, 0.29) is 0 Å². The molecule has 0 aromatic rings. The fourth-order valence-corrected chi connectivity index (χ4v) is 0.118. The molecule has 0 bridgehead atoms. The van der Waals surface area contributed by atoms with Gasteiger partial charge in [0.25, 0.3) is 0 Å². The molecule has 12 heavy (non-hydrogen) atoms. The van der Waals surface area contributed by atoms with E-state index in [1.165, 1.54) is 19.3 Å². The van der Waals surface area contributed by atoms with Gasteiger partial charge in [0.15, 0.2) is 0 Å². The molecule has 2 nitrogen and oxygen atoms in total. The third-order valence-corrected chi connectivity index (χ3v) is 0.736. The third-order valence-electron chi connectivity index (χ3n) is 0.736. The van der Waals surface area contributed by atoms with Crippen LogP contribution in [0, 0.1) is 0 Å². The highest BCUT2D eigenvalue weighted by Gasteiger charge is 1.63. The average Bonchev–Trinajstić information content (AvgIpc) is 2.08. The van der Waals surface area contributed by atoms with Crippen LogP contribution in [0.4, 0.5) is 0 Å². The summed E-state index contributed by atoms with van der Waals surface area (Å²) in [6, 6.07) is 0. The molecule has 0 radical (unpaired) electrons. The zero-order chi connectivity index (χ0) is 10.2. The molecule has 0 heterocycles. The Morgan fingerprint density at radius 1 is 0.750 bits per heavy atom. The first kappa shape index (κ1) is 17.9. The predicted molar refractivity (Wildman–Crippen MR) is 55.4 cm³/mol. The van der Waals surface area contributed by atoms with Crippen LogP contribution in [0.2, 0.25) is 0 Å². The molecule has 2 heteroatoms. The van der Waals surface area contributed by atoms with Crippen LogP contribution in [0.3, 0.4) is 0 Å². The maximum Gasteiger partial charge on any atom is 0.145 e. The van der Waals surface area contributed by atoms with Gasteiger partial charge in [0.2, 0.25) is 0 Å². The lowest BCUT2D eigenvalue weighted by molar-refractivity contribution is -0.00271. The molecule has 0 atom stereocenters. The fraction of sp³-hybridized carbons (Fsp3) is 1.00. The van der Waals surface area contributed by atoms with Crippen molar-refractivity contribution >= 4 is 0 Å². The van der Waals surface area contributed by atoms with Crippen LogP contribution in [-0.2, 0) is 9.47 Å². The molecule has 0 aliphatic carbocycles. The summed E-state index contributed by atoms with van der Waals surface area (Å²) in [7, 11) is 3.17. The van der Waals surface area contributed by atoms with Crippen LogP contribution in [-0.4, -0.2) is 21.0 Å². The summed E-state index contributed by atoms with van der Waals surface area (Å²) < 4.78 is 8.94. The third kappa shape index (κ3) is 92.6. The zero-order valence-corrected chi connectivity index (χ0v) is 9.64. The van der Waals surface area contributed by atoms with Gasteiger partial charge in [-0.15, -0.1) is 0 Å². The Balaban J connectivity index is -0.000000105. The van der Waals surface area contributed by atoms with E-state index in [1.54, 1.807) is 14.2 Å². The summed E-state index contributed by atoms with van der Waals surface area (Å²) in [4.78, 5) is 0. The number of rotatable bonds is 3. The molecule has 0 N–H and O–H groups in total. The van der Waals surface area contributed by atoms with Gasteiger partial charge in [-0.1, -0.05) is 47.0 Å². The van der Waals surface area contributed by atoms with E-state index < -0.39 is 0 Å². The van der Waals surface area contributed by atoms with Crippen LogP contribution >= 0.6 is 0 Å². The second-order valence-corrected chi connectivity index (χ2v) is 2.40. The summed E-state index contributed by atoms with van der Waals surface area (Å²) in [6.45, 7) is 9.00. The van der Waals surface area contributed by atoms with Gasteiger partial charge in [0.1, 0.15) is 6.79 Å². The molecule has 0 aliphatic rings. The minimum Gasteiger partial charge on any atom is -0.359 e. The maximum atomic E-state index is 4.47. The van der Waals surface area contributed by atoms with Gasteiger partial charge in [-0.25, -0.2) is 0 Å². The Morgan fingerprint density at radius 3 is 1.00 bits per heavy atom. The van der Waals surface area contributed by atoms with Crippen LogP contribution < -0.4 is 0 Å². The normalized spacial score (nSPS) is 7.50. The lowest BCUT2D eigenvalue weighted by atomic mass is 10.4. The second kappa shape index (κ2) is 30.7. The van der Waals surface area contributed by atoms with Crippen molar-refractivity contribution in [3.05, 3.63) is 0 Å². The van der Waals surface area contributed by atoms with Crippen molar-refractivity contribution in [1.82, 2.24) is 0 Å². The van der Waals surface area contributed by atoms with E-state index in [0.29, 0.717) is 6.79 Å². The summed E-state index contributed by atoms with van der Waals surface area (Å²) in [6.07, 6.45) is 3.89. The molecular weight excluding hydrogens is 152 g/mol. The van der Waals surface area contributed by atoms with Crippen molar-refractivity contribution in [2.24, 2.45) is 0 Å². The molecule has 0 aromatic carbocycles. The van der Waals surface area contributed by atoms with Crippen LogP contribution in [0.5, 0.6) is 0 Å². The Labute approximate surface area is 78.3 Å². The highest BCUT2D eigenvalue weighted by Crippen LogP contribution is 1.76. The summed E-state index contributed by atoms with van der Waals surface area (Å²) in [5, 5.41) is 0. The van der Waals surface area contributed by atoms with E-state index in [1.807, 2.05) is 0 Å². The van der Waals surface area contributed by atoms with Crippen LogP contribution in [0.25, 0.3) is 0 Å². The molecule has 0 saturated heterocycles. The number of unbranched alkanes of at least 4 members (excludes halogenated alkanes) is 1. The van der Waals surface area contributed by atoms with Crippen LogP contribution in [0.1, 0.15) is 47.0 Å². The maximum absolute atomic E-state index is 4.47. The quantitative estimate of drug-likeness (QED) is 0.616. The van der Waals surface area contributed by atoms with Crippen molar-refractivity contribution in [2.75, 3.05) is 21.0 Å². The summed E-state index contributed by atoms with van der Waals surface area (Å²) in [5.41, 5.74) is 0. The Hall–Kier alpha value is -0.0800. The first-order valence-electron chi connectivity index (χ1n) is 4.72. The fourth-order valence-electron chi connectivity index (χ4n) is 0.118. The van der Waals surface area contributed by atoms with E-state index in [4.69, 9.17) is 0 Å². The van der Waals surface area contributed by atoms with E-state index in [2.05, 4.69) is 37.2 Å². The number of hydrogen-bond acceptors (Lipinski definition) is 2. The van der Waals surface area contributed by atoms with Crippen molar-refractivity contribution in [3.63, 3.8) is 0 Å². The second-order valence-electron chi connectivity index (χ2n) is 2.40. The summed E-state index contributed by atoms with van der Waals surface area (Å²) in [5.74, 6) is 0. The average molecular weight is 178 g/mol. The lowest BCUT2D eigenvalue weighted by Gasteiger charge is -1.87. The predicted octanol–water partition coefficient (Wildman–Crippen LogP) is 3.46. The highest BCUT2D eigenvalue weighted by atomic mass is 16.6. The van der Waals surface area contributed by atoms with Crippen molar-refractivity contribution in [3.8, 4) is 0 Å². The molecule has 0 aromatic heterocycles. The topological polar surface area (TPSA) is 18.5 Å².